The molecule has 0 saturated heterocycles. The largest absolute Gasteiger partial charge is 0.543 e. The molecule has 3 rings (SSSR count). The van der Waals surface area contributed by atoms with Crippen LogP contribution in [0.2, 0.25) is 0 Å². The van der Waals surface area contributed by atoms with E-state index in [-0.39, 0.29) is 5.69 Å². The van der Waals surface area contributed by atoms with Gasteiger partial charge in [-0.25, -0.2) is 4.68 Å². The Balaban J connectivity index is 2.00. The van der Waals surface area contributed by atoms with Crippen molar-refractivity contribution in [1.29, 1.82) is 0 Å². The Morgan fingerprint density at radius 1 is 1.07 bits per heavy atom. The molecule has 0 spiro atoms. The highest BCUT2D eigenvalue weighted by Gasteiger charge is 2.18. The molecule has 0 fully saturated rings. The maximum Gasteiger partial charge on any atom is 0.295 e. The predicted octanol–water partition coefficient (Wildman–Crippen LogP) is 2.18. The Kier molecular flexibility index (Phi) is 5.84. The van der Waals surface area contributed by atoms with Gasteiger partial charge in [-0.3, -0.25) is 14.3 Å². The molecule has 1 aromatic heterocycles. The van der Waals surface area contributed by atoms with Gasteiger partial charge >= 0.3 is 0 Å². The first-order chi connectivity index (χ1) is 13.8. The minimum absolute atomic E-state index is 0.0513. The highest BCUT2D eigenvalue weighted by molar-refractivity contribution is 9.10. The molecular formula is C21H17BrN3O4-. The number of aromatic nitrogens is 2. The lowest BCUT2D eigenvalue weighted by Crippen LogP contribution is -2.30. The number of halogens is 1. The van der Waals surface area contributed by atoms with Gasteiger partial charge in [0.05, 0.1) is 23.0 Å². The average Bonchev–Trinajstić information content (AvgIpc) is 2.91. The number of hydrogen-bond acceptors (Lipinski definition) is 5. The number of ketones is 1. The minimum atomic E-state index is -1.59. The van der Waals surface area contributed by atoms with E-state index in [2.05, 4.69) is 21.2 Å². The lowest BCUT2D eigenvalue weighted by Gasteiger charge is -2.11. The Labute approximate surface area is 175 Å². The fraction of sp³-hybridized carbons (Fsp3) is 0.0952. The summed E-state index contributed by atoms with van der Waals surface area (Å²) in [5, 5.41) is 14.2. The van der Waals surface area contributed by atoms with Gasteiger partial charge in [0.2, 0.25) is 0 Å². The third-order valence-corrected chi connectivity index (χ3v) is 4.97. The van der Waals surface area contributed by atoms with E-state index >= 15 is 0 Å². The number of para-hydroxylation sites is 1. The molecule has 0 radical (unpaired) electrons. The van der Waals surface area contributed by atoms with Crippen LogP contribution in [0, 0.1) is 6.92 Å². The number of benzene rings is 2. The summed E-state index contributed by atoms with van der Waals surface area (Å²) >= 11 is 3.27. The van der Waals surface area contributed by atoms with E-state index in [4.69, 9.17) is 0 Å². The van der Waals surface area contributed by atoms with Crippen molar-refractivity contribution < 1.29 is 14.7 Å². The summed E-state index contributed by atoms with van der Waals surface area (Å²) in [6.45, 7) is 1.67. The molecule has 0 aliphatic heterocycles. The maximum absolute atomic E-state index is 12.9. The number of carboxylic acid groups (broad SMARTS) is 1. The third kappa shape index (κ3) is 4.22. The standard InChI is InChI=1S/C21H18BrN3O4/c1-13-19(20(27)25(24(13)2)16-6-4-3-5-7-16)23-17(21(28)29)12-18(26)14-8-10-15(22)11-9-14/h3-12,23H,1-2H3,(H,28,29)/p-1. The van der Waals surface area contributed by atoms with Gasteiger partial charge < -0.3 is 15.2 Å². The predicted molar refractivity (Wildman–Crippen MR) is 111 cm³/mol. The van der Waals surface area contributed by atoms with Gasteiger partial charge in [0.25, 0.3) is 5.56 Å². The van der Waals surface area contributed by atoms with Crippen molar-refractivity contribution >= 4 is 33.4 Å². The normalized spacial score (nSPS) is 11.3. The van der Waals surface area contributed by atoms with Gasteiger partial charge in [-0.15, -0.1) is 0 Å². The Hall–Kier alpha value is -3.39. The number of rotatable bonds is 6. The summed E-state index contributed by atoms with van der Waals surface area (Å²) in [7, 11) is 1.68. The second-order valence-corrected chi connectivity index (χ2v) is 7.19. The molecular weight excluding hydrogens is 438 g/mol. The number of nitrogens with one attached hydrogen (secondary N) is 1. The zero-order valence-corrected chi connectivity index (χ0v) is 17.3. The topological polar surface area (TPSA) is 96.2 Å². The van der Waals surface area contributed by atoms with Crippen molar-refractivity contribution in [2.24, 2.45) is 7.05 Å². The lowest BCUT2D eigenvalue weighted by atomic mass is 10.1. The fourth-order valence-electron chi connectivity index (χ4n) is 2.82. The molecule has 0 aliphatic rings. The molecule has 1 heterocycles. The van der Waals surface area contributed by atoms with E-state index in [1.807, 2.05) is 6.07 Å². The van der Waals surface area contributed by atoms with Crippen molar-refractivity contribution in [3.8, 4) is 5.69 Å². The summed E-state index contributed by atoms with van der Waals surface area (Å²) in [5.74, 6) is -2.12. The number of carboxylic acids is 1. The van der Waals surface area contributed by atoms with Crippen LogP contribution in [0.15, 0.2) is 75.6 Å². The van der Waals surface area contributed by atoms with Gasteiger partial charge in [0, 0.05) is 23.2 Å². The molecule has 0 bridgehead atoms. The van der Waals surface area contributed by atoms with E-state index < -0.39 is 23.0 Å². The number of allylic oxidation sites excluding steroid dienone is 1. The molecule has 148 valence electrons. The molecule has 0 saturated carbocycles. The average molecular weight is 455 g/mol. The van der Waals surface area contributed by atoms with Crippen LogP contribution in [-0.4, -0.2) is 21.1 Å². The molecule has 29 heavy (non-hydrogen) atoms. The van der Waals surface area contributed by atoms with E-state index in [9.17, 15) is 19.5 Å². The maximum atomic E-state index is 12.9. The molecule has 0 aliphatic carbocycles. The van der Waals surface area contributed by atoms with Gasteiger partial charge in [0.1, 0.15) is 5.69 Å². The van der Waals surface area contributed by atoms with Crippen LogP contribution in [0.1, 0.15) is 16.1 Å². The SMILES string of the molecule is Cc1c(NC(=CC(=O)c2ccc(Br)cc2)C(=O)[O-])c(=O)n(-c2ccccc2)n1C. The zero-order valence-electron chi connectivity index (χ0n) is 15.7. The van der Waals surface area contributed by atoms with E-state index in [1.165, 1.54) is 4.68 Å². The summed E-state index contributed by atoms with van der Waals surface area (Å²) < 4.78 is 3.79. The Morgan fingerprint density at radius 3 is 2.28 bits per heavy atom. The van der Waals surface area contributed by atoms with Crippen LogP contribution in [0.5, 0.6) is 0 Å². The van der Waals surface area contributed by atoms with Gasteiger partial charge in [-0.2, -0.15) is 0 Å². The van der Waals surface area contributed by atoms with Crippen LogP contribution in [0.3, 0.4) is 0 Å². The number of hydrogen-bond donors (Lipinski definition) is 1. The monoisotopic (exact) mass is 454 g/mol. The number of nitrogens with zero attached hydrogens (tertiary/aromatic N) is 2. The van der Waals surface area contributed by atoms with Crippen LogP contribution >= 0.6 is 15.9 Å². The molecule has 0 amide bonds. The quantitative estimate of drug-likeness (QED) is 0.454. The summed E-state index contributed by atoms with van der Waals surface area (Å²) in [6.07, 6.45) is 0.914. The summed E-state index contributed by atoms with van der Waals surface area (Å²) in [4.78, 5) is 36.9. The molecule has 2 aromatic carbocycles. The van der Waals surface area contributed by atoms with E-state index in [0.717, 1.165) is 10.5 Å². The fourth-order valence-corrected chi connectivity index (χ4v) is 3.09. The number of aliphatic carboxylic acids is 1. The summed E-state index contributed by atoms with van der Waals surface area (Å²) in [5.41, 5.74) is 0.544. The van der Waals surface area contributed by atoms with Gasteiger partial charge in [-0.1, -0.05) is 34.1 Å². The number of anilines is 1. The Bertz CT molecular complexity index is 1160. The van der Waals surface area contributed by atoms with Crippen molar-refractivity contribution in [3.63, 3.8) is 0 Å². The van der Waals surface area contributed by atoms with Crippen LogP contribution < -0.4 is 16.0 Å². The highest BCUT2D eigenvalue weighted by Crippen LogP contribution is 2.17. The van der Waals surface area contributed by atoms with E-state index in [1.54, 1.807) is 67.2 Å². The second kappa shape index (κ2) is 8.32. The molecule has 3 aromatic rings. The first kappa shape index (κ1) is 20.3. The third-order valence-electron chi connectivity index (χ3n) is 4.44. The van der Waals surface area contributed by atoms with Crippen molar-refractivity contribution in [2.75, 3.05) is 5.32 Å². The lowest BCUT2D eigenvalue weighted by molar-refractivity contribution is -0.299. The van der Waals surface area contributed by atoms with Crippen molar-refractivity contribution in [3.05, 3.63) is 92.5 Å². The van der Waals surface area contributed by atoms with Gasteiger partial charge in [-0.05, 0) is 43.3 Å². The number of carbonyl (C=O) groups is 2. The minimum Gasteiger partial charge on any atom is -0.543 e. The summed E-state index contributed by atoms with van der Waals surface area (Å²) in [6, 6.07) is 15.4. The van der Waals surface area contributed by atoms with Crippen LogP contribution in [-0.2, 0) is 11.8 Å². The van der Waals surface area contributed by atoms with Gasteiger partial charge in [0.15, 0.2) is 5.78 Å². The molecule has 7 nitrogen and oxygen atoms in total. The Morgan fingerprint density at radius 2 is 1.69 bits per heavy atom. The molecule has 0 unspecified atom stereocenters. The van der Waals surface area contributed by atoms with Crippen LogP contribution in [0.25, 0.3) is 5.69 Å². The highest BCUT2D eigenvalue weighted by atomic mass is 79.9. The van der Waals surface area contributed by atoms with Crippen molar-refractivity contribution in [2.45, 2.75) is 6.92 Å². The second-order valence-electron chi connectivity index (χ2n) is 6.28. The van der Waals surface area contributed by atoms with Crippen molar-refractivity contribution in [1.82, 2.24) is 9.36 Å². The number of carbonyl (C=O) groups excluding carboxylic acids is 2. The molecule has 8 heteroatoms. The molecule has 0 atom stereocenters. The van der Waals surface area contributed by atoms with Crippen LogP contribution in [0.4, 0.5) is 5.69 Å². The smallest absolute Gasteiger partial charge is 0.295 e. The molecule has 1 N–H and O–H groups in total. The van der Waals surface area contributed by atoms with E-state index in [0.29, 0.717) is 16.9 Å². The zero-order chi connectivity index (χ0) is 21.1. The first-order valence-corrected chi connectivity index (χ1v) is 9.43. The first-order valence-electron chi connectivity index (χ1n) is 8.63.